The largest absolute Gasteiger partial charge is 0.368 e. The predicted octanol–water partition coefficient (Wildman–Crippen LogP) is 3.77. The Balaban J connectivity index is 1.78. The van der Waals surface area contributed by atoms with Gasteiger partial charge in [-0.05, 0) is 68.7 Å². The van der Waals surface area contributed by atoms with Gasteiger partial charge in [-0.2, -0.15) is 0 Å². The first-order valence-corrected chi connectivity index (χ1v) is 12.6. The Hall–Kier alpha value is -2.25. The number of piperazine rings is 1. The molecule has 0 aliphatic carbocycles. The standard InChI is InChI=1S/C23H30ClN3O3S/c1-16-12-17(2)14-21(13-16)27(31(5,29)30)19(4)23(28)26-10-8-25(9-11-26)22-15-20(24)7-6-18(22)3/h6-7,12-15,19H,8-11H2,1-5H3/t19-/m1/s1. The summed E-state index contributed by atoms with van der Waals surface area (Å²) in [6, 6.07) is 10.6. The molecule has 1 fully saturated rings. The van der Waals surface area contributed by atoms with Crippen molar-refractivity contribution in [1.82, 2.24) is 4.90 Å². The van der Waals surface area contributed by atoms with Gasteiger partial charge >= 0.3 is 0 Å². The van der Waals surface area contributed by atoms with Gasteiger partial charge in [0, 0.05) is 36.9 Å². The Morgan fingerprint density at radius 2 is 1.58 bits per heavy atom. The van der Waals surface area contributed by atoms with Crippen LogP contribution in [0, 0.1) is 20.8 Å². The summed E-state index contributed by atoms with van der Waals surface area (Å²) in [5.41, 5.74) is 4.63. The summed E-state index contributed by atoms with van der Waals surface area (Å²) in [6.45, 7) is 9.93. The van der Waals surface area contributed by atoms with Gasteiger partial charge in [0.2, 0.25) is 15.9 Å². The van der Waals surface area contributed by atoms with Gasteiger partial charge in [0.1, 0.15) is 6.04 Å². The van der Waals surface area contributed by atoms with Gasteiger partial charge in [-0.25, -0.2) is 8.42 Å². The number of anilines is 2. The normalized spacial score (nSPS) is 15.7. The molecular weight excluding hydrogens is 434 g/mol. The van der Waals surface area contributed by atoms with E-state index in [1.165, 1.54) is 4.31 Å². The zero-order chi connectivity index (χ0) is 22.9. The predicted molar refractivity (Wildman–Crippen MR) is 128 cm³/mol. The summed E-state index contributed by atoms with van der Waals surface area (Å²) in [4.78, 5) is 17.2. The lowest BCUT2D eigenvalue weighted by Crippen LogP contribution is -2.55. The second-order valence-corrected chi connectivity index (χ2v) is 10.6. The molecule has 0 bridgehead atoms. The second kappa shape index (κ2) is 9.09. The molecule has 1 heterocycles. The molecule has 0 spiro atoms. The van der Waals surface area contributed by atoms with E-state index < -0.39 is 16.1 Å². The van der Waals surface area contributed by atoms with Gasteiger partial charge in [0.25, 0.3) is 0 Å². The maximum Gasteiger partial charge on any atom is 0.246 e. The number of amides is 1. The average molecular weight is 464 g/mol. The first-order valence-electron chi connectivity index (χ1n) is 10.3. The van der Waals surface area contributed by atoms with E-state index in [1.54, 1.807) is 24.0 Å². The van der Waals surface area contributed by atoms with Crippen LogP contribution >= 0.6 is 11.6 Å². The molecule has 1 amide bonds. The minimum absolute atomic E-state index is 0.188. The van der Waals surface area contributed by atoms with E-state index in [0.717, 1.165) is 28.6 Å². The van der Waals surface area contributed by atoms with Crippen LogP contribution in [0.2, 0.25) is 5.02 Å². The van der Waals surface area contributed by atoms with Crippen molar-refractivity contribution >= 4 is 38.9 Å². The molecule has 0 N–H and O–H groups in total. The lowest BCUT2D eigenvalue weighted by Gasteiger charge is -2.39. The zero-order valence-electron chi connectivity index (χ0n) is 18.7. The number of aryl methyl sites for hydroxylation is 3. The number of rotatable bonds is 5. The Labute approximate surface area is 190 Å². The monoisotopic (exact) mass is 463 g/mol. The lowest BCUT2D eigenvalue weighted by molar-refractivity contribution is -0.132. The van der Waals surface area contributed by atoms with Crippen LogP contribution in [-0.4, -0.2) is 57.7 Å². The number of nitrogens with zero attached hydrogens (tertiary/aromatic N) is 3. The van der Waals surface area contributed by atoms with Crippen LogP contribution in [0.3, 0.4) is 0 Å². The highest BCUT2D eigenvalue weighted by Gasteiger charge is 2.33. The molecule has 6 nitrogen and oxygen atoms in total. The maximum atomic E-state index is 13.3. The fourth-order valence-corrected chi connectivity index (χ4v) is 5.55. The summed E-state index contributed by atoms with van der Waals surface area (Å²) < 4.78 is 26.5. The van der Waals surface area contributed by atoms with E-state index in [1.807, 2.05) is 45.0 Å². The molecule has 0 saturated carbocycles. The summed E-state index contributed by atoms with van der Waals surface area (Å²) in [6.07, 6.45) is 1.15. The number of benzene rings is 2. The molecule has 2 aromatic carbocycles. The Morgan fingerprint density at radius 1 is 1.00 bits per heavy atom. The van der Waals surface area contributed by atoms with Gasteiger partial charge in [-0.3, -0.25) is 9.10 Å². The van der Waals surface area contributed by atoms with Crippen molar-refractivity contribution in [2.24, 2.45) is 0 Å². The minimum Gasteiger partial charge on any atom is -0.368 e. The van der Waals surface area contributed by atoms with E-state index in [0.29, 0.717) is 36.9 Å². The number of carbonyl (C=O) groups excluding carboxylic acids is 1. The van der Waals surface area contributed by atoms with E-state index >= 15 is 0 Å². The summed E-state index contributed by atoms with van der Waals surface area (Å²) >= 11 is 6.16. The number of hydrogen-bond donors (Lipinski definition) is 0. The Bertz CT molecular complexity index is 1060. The van der Waals surface area contributed by atoms with Crippen molar-refractivity contribution in [2.45, 2.75) is 33.7 Å². The molecule has 1 saturated heterocycles. The highest BCUT2D eigenvalue weighted by molar-refractivity contribution is 7.92. The highest BCUT2D eigenvalue weighted by Crippen LogP contribution is 2.27. The molecule has 168 valence electrons. The molecule has 0 radical (unpaired) electrons. The van der Waals surface area contributed by atoms with Crippen LogP contribution in [0.25, 0.3) is 0 Å². The molecule has 1 atom stereocenters. The SMILES string of the molecule is Cc1cc(C)cc(N([C@H](C)C(=O)N2CCN(c3cc(Cl)ccc3C)CC2)S(C)(=O)=O)c1. The first kappa shape index (κ1) is 23.4. The lowest BCUT2D eigenvalue weighted by atomic mass is 10.1. The molecule has 0 aromatic heterocycles. The molecule has 1 aliphatic rings. The molecule has 1 aliphatic heterocycles. The number of carbonyl (C=O) groups is 1. The van der Waals surface area contributed by atoms with Crippen molar-refractivity contribution < 1.29 is 13.2 Å². The van der Waals surface area contributed by atoms with Crippen LogP contribution in [0.4, 0.5) is 11.4 Å². The second-order valence-electron chi connectivity index (χ2n) is 8.32. The molecular formula is C23H30ClN3O3S. The van der Waals surface area contributed by atoms with Crippen molar-refractivity contribution in [3.63, 3.8) is 0 Å². The third kappa shape index (κ3) is 5.33. The van der Waals surface area contributed by atoms with Crippen molar-refractivity contribution in [3.05, 3.63) is 58.1 Å². The molecule has 2 aromatic rings. The minimum atomic E-state index is -3.64. The molecule has 0 unspecified atom stereocenters. The van der Waals surface area contributed by atoms with Gasteiger partial charge in [0.15, 0.2) is 0 Å². The fraction of sp³-hybridized carbons (Fsp3) is 0.435. The Morgan fingerprint density at radius 3 is 2.13 bits per heavy atom. The van der Waals surface area contributed by atoms with Gasteiger partial charge < -0.3 is 9.80 Å². The number of hydrogen-bond acceptors (Lipinski definition) is 4. The van der Waals surface area contributed by atoms with Crippen LogP contribution in [0.15, 0.2) is 36.4 Å². The first-order chi connectivity index (χ1) is 14.5. The van der Waals surface area contributed by atoms with Gasteiger partial charge in [0.05, 0.1) is 11.9 Å². The zero-order valence-corrected chi connectivity index (χ0v) is 20.3. The molecule has 8 heteroatoms. The van der Waals surface area contributed by atoms with Crippen molar-refractivity contribution in [3.8, 4) is 0 Å². The van der Waals surface area contributed by atoms with Crippen LogP contribution in [0.5, 0.6) is 0 Å². The van der Waals surface area contributed by atoms with Crippen LogP contribution in [0.1, 0.15) is 23.6 Å². The summed E-state index contributed by atoms with van der Waals surface area (Å²) in [7, 11) is -3.64. The van der Waals surface area contributed by atoms with E-state index in [-0.39, 0.29) is 5.91 Å². The fourth-order valence-electron chi connectivity index (χ4n) is 4.24. The smallest absolute Gasteiger partial charge is 0.246 e. The van der Waals surface area contributed by atoms with Crippen LogP contribution < -0.4 is 9.21 Å². The third-order valence-electron chi connectivity index (χ3n) is 5.63. The molecule has 3 rings (SSSR count). The highest BCUT2D eigenvalue weighted by atomic mass is 35.5. The number of halogens is 1. The quantitative estimate of drug-likeness (QED) is 0.677. The van der Waals surface area contributed by atoms with E-state index in [9.17, 15) is 13.2 Å². The van der Waals surface area contributed by atoms with Gasteiger partial charge in [-0.1, -0.05) is 23.7 Å². The van der Waals surface area contributed by atoms with Gasteiger partial charge in [-0.15, -0.1) is 0 Å². The number of sulfonamides is 1. The van der Waals surface area contributed by atoms with Crippen LogP contribution in [-0.2, 0) is 14.8 Å². The summed E-state index contributed by atoms with van der Waals surface area (Å²) in [5, 5.41) is 0.685. The van der Waals surface area contributed by atoms with E-state index in [2.05, 4.69) is 4.90 Å². The van der Waals surface area contributed by atoms with Crippen molar-refractivity contribution in [2.75, 3.05) is 41.6 Å². The van der Waals surface area contributed by atoms with Crippen molar-refractivity contribution in [1.29, 1.82) is 0 Å². The summed E-state index contributed by atoms with van der Waals surface area (Å²) in [5.74, 6) is -0.188. The average Bonchev–Trinajstić information content (AvgIpc) is 2.67. The maximum absolute atomic E-state index is 13.3. The Kier molecular flexibility index (Phi) is 6.86. The molecule has 31 heavy (non-hydrogen) atoms. The van der Waals surface area contributed by atoms with E-state index in [4.69, 9.17) is 11.6 Å². The topological polar surface area (TPSA) is 60.9 Å². The third-order valence-corrected chi connectivity index (χ3v) is 7.11.